The van der Waals surface area contributed by atoms with Crippen LogP contribution in [-0.2, 0) is 9.53 Å². The lowest BCUT2D eigenvalue weighted by molar-refractivity contribution is -0.137. The van der Waals surface area contributed by atoms with Gasteiger partial charge in [0.05, 0.1) is 6.61 Å². The highest BCUT2D eigenvalue weighted by atomic mass is 16.5. The highest BCUT2D eigenvalue weighted by molar-refractivity contribution is 5.82. The van der Waals surface area contributed by atoms with Gasteiger partial charge in [0.15, 0.2) is 0 Å². The standard InChI is InChI=1S/C14H29NO2/c1-8-17-10-9-15-12(16)14(6,7)13(4,5)11(2)3/h11H,8-10H2,1-7H3,(H,15,16). The molecule has 0 spiro atoms. The van der Waals surface area contributed by atoms with E-state index in [0.29, 0.717) is 25.7 Å². The van der Waals surface area contributed by atoms with Gasteiger partial charge in [-0.2, -0.15) is 0 Å². The number of hydrogen-bond donors (Lipinski definition) is 1. The monoisotopic (exact) mass is 243 g/mol. The highest BCUT2D eigenvalue weighted by Crippen LogP contribution is 2.44. The third-order valence-electron chi connectivity index (χ3n) is 4.36. The Labute approximate surface area is 106 Å². The van der Waals surface area contributed by atoms with Crippen LogP contribution in [0.3, 0.4) is 0 Å². The van der Waals surface area contributed by atoms with Crippen LogP contribution in [0.2, 0.25) is 0 Å². The number of ether oxygens (including phenoxy) is 1. The van der Waals surface area contributed by atoms with Crippen LogP contribution in [0.4, 0.5) is 0 Å². The summed E-state index contributed by atoms with van der Waals surface area (Å²) in [4.78, 5) is 12.2. The smallest absolute Gasteiger partial charge is 0.226 e. The van der Waals surface area contributed by atoms with Crippen molar-refractivity contribution in [3.8, 4) is 0 Å². The number of hydrogen-bond acceptors (Lipinski definition) is 2. The molecule has 0 saturated heterocycles. The van der Waals surface area contributed by atoms with E-state index in [0.717, 1.165) is 0 Å². The van der Waals surface area contributed by atoms with E-state index < -0.39 is 0 Å². The van der Waals surface area contributed by atoms with E-state index in [1.807, 2.05) is 20.8 Å². The fraction of sp³-hybridized carbons (Fsp3) is 0.929. The fourth-order valence-corrected chi connectivity index (χ4v) is 1.62. The summed E-state index contributed by atoms with van der Waals surface area (Å²) in [5.41, 5.74) is -0.421. The van der Waals surface area contributed by atoms with Crippen LogP contribution in [0, 0.1) is 16.7 Å². The molecule has 0 atom stereocenters. The van der Waals surface area contributed by atoms with Crippen molar-refractivity contribution in [2.45, 2.75) is 48.5 Å². The molecular weight excluding hydrogens is 214 g/mol. The molecule has 1 N–H and O–H groups in total. The molecule has 0 bridgehead atoms. The van der Waals surface area contributed by atoms with Crippen LogP contribution in [0.25, 0.3) is 0 Å². The van der Waals surface area contributed by atoms with Crippen molar-refractivity contribution >= 4 is 5.91 Å². The average molecular weight is 243 g/mol. The maximum atomic E-state index is 12.2. The minimum Gasteiger partial charge on any atom is -0.380 e. The second-order valence-corrected chi connectivity index (χ2v) is 5.95. The van der Waals surface area contributed by atoms with Gasteiger partial charge in [-0.1, -0.05) is 41.5 Å². The summed E-state index contributed by atoms with van der Waals surface area (Å²) in [5, 5.41) is 2.95. The maximum absolute atomic E-state index is 12.2. The van der Waals surface area contributed by atoms with Crippen molar-refractivity contribution in [2.75, 3.05) is 19.8 Å². The Kier molecular flexibility index (Phi) is 6.17. The molecule has 102 valence electrons. The van der Waals surface area contributed by atoms with Gasteiger partial charge in [0.25, 0.3) is 0 Å². The number of nitrogens with one attached hydrogen (secondary N) is 1. The molecule has 0 heterocycles. The number of rotatable bonds is 7. The van der Waals surface area contributed by atoms with Crippen LogP contribution in [-0.4, -0.2) is 25.7 Å². The topological polar surface area (TPSA) is 38.3 Å². The van der Waals surface area contributed by atoms with Crippen LogP contribution < -0.4 is 5.32 Å². The number of amides is 1. The van der Waals surface area contributed by atoms with Crippen molar-refractivity contribution in [1.82, 2.24) is 5.32 Å². The van der Waals surface area contributed by atoms with Crippen LogP contribution in [0.5, 0.6) is 0 Å². The third-order valence-corrected chi connectivity index (χ3v) is 4.36. The number of carbonyl (C=O) groups is 1. The Hall–Kier alpha value is -0.570. The molecule has 0 aliphatic rings. The summed E-state index contributed by atoms with van der Waals surface area (Å²) in [5.74, 6) is 0.561. The van der Waals surface area contributed by atoms with Gasteiger partial charge in [0.1, 0.15) is 0 Å². The maximum Gasteiger partial charge on any atom is 0.226 e. The molecule has 1 amide bonds. The lowest BCUT2D eigenvalue weighted by Gasteiger charge is -2.43. The summed E-state index contributed by atoms with van der Waals surface area (Å²) in [6.45, 7) is 16.5. The lowest BCUT2D eigenvalue weighted by atomic mass is 9.61. The molecule has 0 aromatic rings. The van der Waals surface area contributed by atoms with Crippen LogP contribution in [0.15, 0.2) is 0 Å². The van der Waals surface area contributed by atoms with Gasteiger partial charge < -0.3 is 10.1 Å². The first kappa shape index (κ1) is 16.4. The Bertz CT molecular complexity index is 245. The third kappa shape index (κ3) is 3.98. The minimum atomic E-state index is -0.382. The highest BCUT2D eigenvalue weighted by Gasteiger charge is 2.44. The van der Waals surface area contributed by atoms with Crippen LogP contribution in [0.1, 0.15) is 48.5 Å². The van der Waals surface area contributed by atoms with Gasteiger partial charge in [0.2, 0.25) is 5.91 Å². The van der Waals surface area contributed by atoms with Crippen molar-refractivity contribution in [2.24, 2.45) is 16.7 Å². The molecule has 0 saturated carbocycles. The zero-order valence-corrected chi connectivity index (χ0v) is 12.5. The molecule has 0 radical (unpaired) electrons. The molecule has 0 aromatic carbocycles. The lowest BCUT2D eigenvalue weighted by Crippen LogP contribution is -2.49. The average Bonchev–Trinajstić information content (AvgIpc) is 2.23. The predicted octanol–water partition coefficient (Wildman–Crippen LogP) is 2.85. The summed E-state index contributed by atoms with van der Waals surface area (Å²) >= 11 is 0. The van der Waals surface area contributed by atoms with E-state index in [1.165, 1.54) is 0 Å². The normalized spacial score (nSPS) is 12.9. The quantitative estimate of drug-likeness (QED) is 0.698. The largest absolute Gasteiger partial charge is 0.380 e. The van der Waals surface area contributed by atoms with E-state index in [2.05, 4.69) is 33.0 Å². The summed E-state index contributed by atoms with van der Waals surface area (Å²) in [6, 6.07) is 0. The van der Waals surface area contributed by atoms with Gasteiger partial charge in [-0.15, -0.1) is 0 Å². The zero-order valence-electron chi connectivity index (χ0n) is 12.5. The van der Waals surface area contributed by atoms with Gasteiger partial charge in [-0.25, -0.2) is 0 Å². The minimum absolute atomic E-state index is 0.0390. The SMILES string of the molecule is CCOCCNC(=O)C(C)(C)C(C)(C)C(C)C. The van der Waals surface area contributed by atoms with Gasteiger partial charge >= 0.3 is 0 Å². The molecule has 3 nitrogen and oxygen atoms in total. The van der Waals surface area contributed by atoms with Gasteiger partial charge in [-0.3, -0.25) is 4.79 Å². The molecule has 0 rings (SSSR count). The molecule has 3 heteroatoms. The summed E-state index contributed by atoms with van der Waals surface area (Å²) in [7, 11) is 0. The van der Waals surface area contributed by atoms with E-state index in [9.17, 15) is 4.79 Å². The Balaban J connectivity index is 4.44. The van der Waals surface area contributed by atoms with Crippen molar-refractivity contribution in [1.29, 1.82) is 0 Å². The fourth-order valence-electron chi connectivity index (χ4n) is 1.62. The molecule has 0 aliphatic carbocycles. The van der Waals surface area contributed by atoms with Crippen molar-refractivity contribution in [3.63, 3.8) is 0 Å². The Morgan fingerprint density at radius 2 is 1.76 bits per heavy atom. The number of carbonyl (C=O) groups excluding carboxylic acids is 1. The summed E-state index contributed by atoms with van der Waals surface area (Å²) < 4.78 is 5.21. The predicted molar refractivity (Wildman–Crippen MR) is 71.9 cm³/mol. The van der Waals surface area contributed by atoms with E-state index in [1.54, 1.807) is 0 Å². The first-order valence-corrected chi connectivity index (χ1v) is 6.54. The summed E-state index contributed by atoms with van der Waals surface area (Å²) in [6.07, 6.45) is 0. The Morgan fingerprint density at radius 3 is 2.18 bits per heavy atom. The first-order valence-electron chi connectivity index (χ1n) is 6.54. The first-order chi connectivity index (χ1) is 7.67. The molecule has 0 aliphatic heterocycles. The van der Waals surface area contributed by atoms with Crippen molar-refractivity contribution in [3.05, 3.63) is 0 Å². The molecule has 17 heavy (non-hydrogen) atoms. The van der Waals surface area contributed by atoms with E-state index >= 15 is 0 Å². The molecule has 0 unspecified atom stereocenters. The molecule has 0 fully saturated rings. The van der Waals surface area contributed by atoms with E-state index in [4.69, 9.17) is 4.74 Å². The molecular formula is C14H29NO2. The van der Waals surface area contributed by atoms with Gasteiger partial charge in [-0.05, 0) is 18.3 Å². The van der Waals surface area contributed by atoms with E-state index in [-0.39, 0.29) is 16.7 Å². The van der Waals surface area contributed by atoms with Crippen molar-refractivity contribution < 1.29 is 9.53 Å². The van der Waals surface area contributed by atoms with Crippen LogP contribution >= 0.6 is 0 Å². The van der Waals surface area contributed by atoms with Gasteiger partial charge in [0, 0.05) is 18.6 Å². The second-order valence-electron chi connectivity index (χ2n) is 5.95. The molecule has 0 aromatic heterocycles. The second kappa shape index (κ2) is 6.39. The Morgan fingerprint density at radius 1 is 1.24 bits per heavy atom. The zero-order chi connectivity index (χ0) is 13.7.